The van der Waals surface area contributed by atoms with Gasteiger partial charge in [0.2, 0.25) is 0 Å². The van der Waals surface area contributed by atoms with Gasteiger partial charge in [-0.15, -0.1) is 0 Å². The lowest BCUT2D eigenvalue weighted by atomic mass is 9.77. The minimum atomic E-state index is -0.416. The Bertz CT molecular complexity index is 262. The van der Waals surface area contributed by atoms with Crippen molar-refractivity contribution in [3.8, 4) is 0 Å². The van der Waals surface area contributed by atoms with Crippen LogP contribution >= 0.6 is 0 Å². The smallest absolute Gasteiger partial charge is 0.427 e. The van der Waals surface area contributed by atoms with Crippen LogP contribution in [0.4, 0.5) is 4.79 Å². The first-order valence-electron chi connectivity index (χ1n) is 7.72. The number of carbonyl (C=O) groups is 1. The van der Waals surface area contributed by atoms with Crippen molar-refractivity contribution in [2.75, 3.05) is 0 Å². The van der Waals surface area contributed by atoms with Crippen LogP contribution in [-0.2, 0) is 9.47 Å². The zero-order valence-corrected chi connectivity index (χ0v) is 11.1. The van der Waals surface area contributed by atoms with Crippen molar-refractivity contribution in [2.45, 2.75) is 76.4 Å². The quantitative estimate of drug-likeness (QED) is 0.695. The molecule has 0 radical (unpaired) electrons. The molecule has 0 aromatic carbocycles. The fraction of sp³-hybridized carbons (Fsp3) is 0.933. The minimum Gasteiger partial charge on any atom is -0.427 e. The van der Waals surface area contributed by atoms with Crippen LogP contribution in [-0.4, -0.2) is 18.4 Å². The maximum absolute atomic E-state index is 11.5. The van der Waals surface area contributed by atoms with Crippen molar-refractivity contribution in [1.29, 1.82) is 0 Å². The van der Waals surface area contributed by atoms with Crippen LogP contribution in [0.5, 0.6) is 0 Å². The average molecular weight is 252 g/mol. The number of hydrogen-bond acceptors (Lipinski definition) is 3. The van der Waals surface area contributed by atoms with E-state index in [0.717, 1.165) is 0 Å². The van der Waals surface area contributed by atoms with Gasteiger partial charge in [0.25, 0.3) is 0 Å². The molecule has 1 heterocycles. The largest absolute Gasteiger partial charge is 0.509 e. The van der Waals surface area contributed by atoms with Crippen molar-refractivity contribution in [1.82, 2.24) is 0 Å². The summed E-state index contributed by atoms with van der Waals surface area (Å²) < 4.78 is 11.0. The first kappa shape index (κ1) is 12.3. The van der Waals surface area contributed by atoms with E-state index in [1.807, 2.05) is 0 Å². The third-order valence-electron chi connectivity index (χ3n) is 5.02. The molecule has 3 fully saturated rings. The van der Waals surface area contributed by atoms with E-state index in [-0.39, 0.29) is 12.2 Å². The second-order valence-corrected chi connectivity index (χ2v) is 6.21. The summed E-state index contributed by atoms with van der Waals surface area (Å²) in [7, 11) is 0. The average Bonchev–Trinajstić information content (AvgIpc) is 2.83. The number of cyclic esters (lactones) is 2. The first-order chi connectivity index (χ1) is 8.84. The molecule has 0 bridgehead atoms. The van der Waals surface area contributed by atoms with Gasteiger partial charge < -0.3 is 9.47 Å². The van der Waals surface area contributed by atoms with E-state index in [2.05, 4.69) is 0 Å². The van der Waals surface area contributed by atoms with Crippen molar-refractivity contribution < 1.29 is 14.3 Å². The Morgan fingerprint density at radius 3 is 1.44 bits per heavy atom. The van der Waals surface area contributed by atoms with Crippen molar-refractivity contribution in [3.63, 3.8) is 0 Å². The lowest BCUT2D eigenvalue weighted by Crippen LogP contribution is -2.38. The van der Waals surface area contributed by atoms with Gasteiger partial charge in [0, 0.05) is 0 Å². The predicted molar refractivity (Wildman–Crippen MR) is 68.3 cm³/mol. The second kappa shape index (κ2) is 5.50. The fourth-order valence-corrected chi connectivity index (χ4v) is 4.04. The first-order valence-corrected chi connectivity index (χ1v) is 7.72. The van der Waals surface area contributed by atoms with E-state index in [1.54, 1.807) is 0 Å². The molecule has 0 amide bonds. The molecule has 0 spiro atoms. The zero-order valence-electron chi connectivity index (χ0n) is 11.1. The lowest BCUT2D eigenvalue weighted by molar-refractivity contribution is 0.0324. The lowest BCUT2D eigenvalue weighted by Gasteiger charge is -2.33. The molecule has 2 aliphatic carbocycles. The van der Waals surface area contributed by atoms with E-state index < -0.39 is 6.16 Å². The second-order valence-electron chi connectivity index (χ2n) is 6.21. The summed E-state index contributed by atoms with van der Waals surface area (Å²) in [5.41, 5.74) is 0. The number of rotatable bonds is 2. The van der Waals surface area contributed by atoms with Crippen LogP contribution in [0, 0.1) is 11.8 Å². The van der Waals surface area contributed by atoms with Gasteiger partial charge in [0.05, 0.1) is 0 Å². The van der Waals surface area contributed by atoms with Gasteiger partial charge in [-0.05, 0) is 37.5 Å². The molecule has 0 aromatic rings. The zero-order chi connectivity index (χ0) is 12.4. The van der Waals surface area contributed by atoms with Gasteiger partial charge in [-0.1, -0.05) is 38.5 Å². The van der Waals surface area contributed by atoms with Crippen LogP contribution in [0.15, 0.2) is 0 Å². The molecule has 3 heteroatoms. The van der Waals surface area contributed by atoms with Gasteiger partial charge in [-0.2, -0.15) is 0 Å². The van der Waals surface area contributed by atoms with Gasteiger partial charge in [0.1, 0.15) is 12.2 Å². The fourth-order valence-electron chi connectivity index (χ4n) is 4.04. The van der Waals surface area contributed by atoms with Crippen LogP contribution in [0.3, 0.4) is 0 Å². The molecule has 2 unspecified atom stereocenters. The monoisotopic (exact) mass is 252 g/mol. The summed E-state index contributed by atoms with van der Waals surface area (Å²) in [6.45, 7) is 0. The highest BCUT2D eigenvalue weighted by molar-refractivity contribution is 5.62. The SMILES string of the molecule is O=C1OC(C2CCCCC2)C(C2CCCCC2)O1. The van der Waals surface area contributed by atoms with Crippen molar-refractivity contribution in [3.05, 3.63) is 0 Å². The Balaban J connectivity index is 1.67. The van der Waals surface area contributed by atoms with E-state index in [1.165, 1.54) is 64.2 Å². The molecule has 3 rings (SSSR count). The summed E-state index contributed by atoms with van der Waals surface area (Å²) in [5, 5.41) is 0. The number of hydrogen-bond donors (Lipinski definition) is 0. The van der Waals surface area contributed by atoms with Crippen LogP contribution < -0.4 is 0 Å². The van der Waals surface area contributed by atoms with E-state index >= 15 is 0 Å². The van der Waals surface area contributed by atoms with Gasteiger partial charge in [-0.3, -0.25) is 0 Å². The summed E-state index contributed by atoms with van der Waals surface area (Å²) in [6.07, 6.45) is 12.4. The molecule has 102 valence electrons. The molecule has 1 saturated heterocycles. The molecular formula is C15H24O3. The normalized spacial score (nSPS) is 35.2. The standard InChI is InChI=1S/C15H24O3/c16-15-17-13(11-7-3-1-4-8-11)14(18-15)12-9-5-2-6-10-12/h11-14H,1-10H2. The predicted octanol–water partition coefficient (Wildman–Crippen LogP) is 4.05. The summed E-state index contributed by atoms with van der Waals surface area (Å²) in [6, 6.07) is 0. The Morgan fingerprint density at radius 1 is 0.667 bits per heavy atom. The third kappa shape index (κ3) is 2.50. The van der Waals surface area contributed by atoms with Gasteiger partial charge >= 0.3 is 6.16 Å². The number of carbonyl (C=O) groups excluding carboxylic acids is 1. The maximum Gasteiger partial charge on any atom is 0.509 e. The van der Waals surface area contributed by atoms with Gasteiger partial charge in [-0.25, -0.2) is 4.79 Å². The molecule has 3 aliphatic rings. The minimum absolute atomic E-state index is 0.0564. The van der Waals surface area contributed by atoms with Crippen LogP contribution in [0.1, 0.15) is 64.2 Å². The highest BCUT2D eigenvalue weighted by Gasteiger charge is 2.45. The number of ether oxygens (including phenoxy) is 2. The van der Waals surface area contributed by atoms with E-state index in [0.29, 0.717) is 11.8 Å². The molecule has 2 saturated carbocycles. The molecule has 1 aliphatic heterocycles. The van der Waals surface area contributed by atoms with E-state index in [4.69, 9.17) is 9.47 Å². The van der Waals surface area contributed by atoms with Crippen molar-refractivity contribution >= 4 is 6.16 Å². The molecular weight excluding hydrogens is 228 g/mol. The molecule has 2 atom stereocenters. The molecule has 0 aromatic heterocycles. The third-order valence-corrected chi connectivity index (χ3v) is 5.02. The highest BCUT2D eigenvalue weighted by atomic mass is 16.8. The summed E-state index contributed by atoms with van der Waals surface area (Å²) >= 11 is 0. The Labute approximate surface area is 109 Å². The molecule has 18 heavy (non-hydrogen) atoms. The Hall–Kier alpha value is -0.730. The van der Waals surface area contributed by atoms with E-state index in [9.17, 15) is 4.79 Å². The summed E-state index contributed by atoms with van der Waals surface area (Å²) in [4.78, 5) is 11.5. The van der Waals surface area contributed by atoms with Gasteiger partial charge in [0.15, 0.2) is 0 Å². The Morgan fingerprint density at radius 2 is 1.06 bits per heavy atom. The topological polar surface area (TPSA) is 35.5 Å². The highest BCUT2D eigenvalue weighted by Crippen LogP contribution is 2.39. The Kier molecular flexibility index (Phi) is 3.76. The van der Waals surface area contributed by atoms with Crippen LogP contribution in [0.2, 0.25) is 0 Å². The summed E-state index contributed by atoms with van der Waals surface area (Å²) in [5.74, 6) is 1.11. The van der Waals surface area contributed by atoms with Crippen molar-refractivity contribution in [2.24, 2.45) is 11.8 Å². The van der Waals surface area contributed by atoms with Crippen LogP contribution in [0.25, 0.3) is 0 Å². The molecule has 0 N–H and O–H groups in total. The maximum atomic E-state index is 11.5. The molecule has 3 nitrogen and oxygen atoms in total.